The molecule has 0 heterocycles. The fourth-order valence-corrected chi connectivity index (χ4v) is 2.39. The van der Waals surface area contributed by atoms with Crippen molar-refractivity contribution >= 4 is 0 Å². The van der Waals surface area contributed by atoms with Crippen LogP contribution in [0.1, 0.15) is 50.3 Å². The first kappa shape index (κ1) is 17.5. The van der Waals surface area contributed by atoms with Gasteiger partial charge in [0.1, 0.15) is 11.6 Å². The van der Waals surface area contributed by atoms with Crippen molar-refractivity contribution in [1.29, 1.82) is 0 Å². The lowest BCUT2D eigenvalue weighted by Gasteiger charge is -2.15. The molecule has 0 spiro atoms. The normalized spacial score (nSPS) is 12.1. The lowest BCUT2D eigenvalue weighted by molar-refractivity contribution is 0.306. The molecule has 2 nitrogen and oxygen atoms in total. The van der Waals surface area contributed by atoms with Crippen molar-refractivity contribution in [1.82, 2.24) is 5.32 Å². The third-order valence-corrected chi connectivity index (χ3v) is 3.92. The Kier molecular flexibility index (Phi) is 7.08. The smallest absolute Gasteiger partial charge is 0.123 e. The van der Waals surface area contributed by atoms with Gasteiger partial charge >= 0.3 is 0 Å². The number of rotatable bonds is 9. The Balaban J connectivity index is 1.80. The zero-order valence-electron chi connectivity index (χ0n) is 14.0. The van der Waals surface area contributed by atoms with Crippen molar-refractivity contribution in [3.8, 4) is 5.75 Å². The van der Waals surface area contributed by atoms with E-state index in [4.69, 9.17) is 4.74 Å². The van der Waals surface area contributed by atoms with E-state index < -0.39 is 0 Å². The molecule has 0 bridgehead atoms. The molecule has 0 aliphatic carbocycles. The van der Waals surface area contributed by atoms with E-state index in [1.54, 1.807) is 0 Å². The molecule has 0 saturated carbocycles. The third-order valence-electron chi connectivity index (χ3n) is 3.92. The van der Waals surface area contributed by atoms with Crippen LogP contribution in [0.25, 0.3) is 0 Å². The van der Waals surface area contributed by atoms with E-state index in [9.17, 15) is 4.39 Å². The quantitative estimate of drug-likeness (QED) is 0.638. The highest BCUT2D eigenvalue weighted by atomic mass is 19.1. The first-order chi connectivity index (χ1) is 11.2. The Bertz CT molecular complexity index is 565. The number of halogens is 1. The number of ether oxygens (including phenoxy) is 1. The van der Waals surface area contributed by atoms with E-state index in [0.29, 0.717) is 0 Å². The maximum absolute atomic E-state index is 12.9. The summed E-state index contributed by atoms with van der Waals surface area (Å²) in [6.45, 7) is 5.82. The Morgan fingerprint density at radius 3 is 2.35 bits per heavy atom. The second kappa shape index (κ2) is 9.31. The minimum absolute atomic E-state index is 0.198. The van der Waals surface area contributed by atoms with Gasteiger partial charge in [-0.05, 0) is 48.7 Å². The second-order valence-electron chi connectivity index (χ2n) is 5.85. The molecule has 1 N–H and O–H groups in total. The van der Waals surface area contributed by atoms with E-state index in [1.807, 2.05) is 24.3 Å². The first-order valence-corrected chi connectivity index (χ1v) is 8.39. The van der Waals surface area contributed by atoms with Gasteiger partial charge in [-0.2, -0.15) is 0 Å². The molecule has 23 heavy (non-hydrogen) atoms. The van der Waals surface area contributed by atoms with Crippen molar-refractivity contribution in [2.24, 2.45) is 0 Å². The molecular weight excluding hydrogens is 289 g/mol. The fourth-order valence-electron chi connectivity index (χ4n) is 2.39. The highest BCUT2D eigenvalue weighted by Gasteiger charge is 2.05. The Labute approximate surface area is 138 Å². The highest BCUT2D eigenvalue weighted by Crippen LogP contribution is 2.18. The molecule has 1 unspecified atom stereocenters. The van der Waals surface area contributed by atoms with Gasteiger partial charge in [-0.3, -0.25) is 0 Å². The van der Waals surface area contributed by atoms with Crippen LogP contribution >= 0.6 is 0 Å². The summed E-state index contributed by atoms with van der Waals surface area (Å²) < 4.78 is 18.6. The van der Waals surface area contributed by atoms with Crippen molar-refractivity contribution < 1.29 is 9.13 Å². The average Bonchev–Trinajstić information content (AvgIpc) is 2.58. The molecule has 2 rings (SSSR count). The van der Waals surface area contributed by atoms with Crippen molar-refractivity contribution in [2.75, 3.05) is 6.61 Å². The number of nitrogens with one attached hydrogen (secondary N) is 1. The molecule has 2 aromatic carbocycles. The van der Waals surface area contributed by atoms with Crippen LogP contribution in [0.4, 0.5) is 4.39 Å². The largest absolute Gasteiger partial charge is 0.494 e. The van der Waals surface area contributed by atoms with Crippen LogP contribution in [0, 0.1) is 5.82 Å². The lowest BCUT2D eigenvalue weighted by Crippen LogP contribution is -2.18. The maximum atomic E-state index is 12.9. The topological polar surface area (TPSA) is 21.3 Å². The van der Waals surface area contributed by atoms with E-state index >= 15 is 0 Å². The molecule has 3 heteroatoms. The summed E-state index contributed by atoms with van der Waals surface area (Å²) in [7, 11) is 0. The molecule has 0 fully saturated rings. The van der Waals surface area contributed by atoms with E-state index in [-0.39, 0.29) is 11.9 Å². The summed E-state index contributed by atoms with van der Waals surface area (Å²) in [5, 5.41) is 3.45. The molecule has 0 radical (unpaired) electrons. The van der Waals surface area contributed by atoms with Crippen molar-refractivity contribution in [3.05, 3.63) is 65.5 Å². The van der Waals surface area contributed by atoms with Crippen LogP contribution < -0.4 is 10.1 Å². The van der Waals surface area contributed by atoms with Crippen LogP contribution in [0.3, 0.4) is 0 Å². The zero-order valence-corrected chi connectivity index (χ0v) is 14.0. The SMILES string of the molecule is CCCCCOc1ccc(C(C)NCc2ccc(F)cc2)cc1. The molecule has 0 aromatic heterocycles. The predicted octanol–water partition coefficient (Wildman–Crippen LogP) is 5.25. The summed E-state index contributed by atoms with van der Waals surface area (Å²) in [6, 6.07) is 15.1. The first-order valence-electron chi connectivity index (χ1n) is 8.39. The molecule has 0 aliphatic heterocycles. The minimum Gasteiger partial charge on any atom is -0.494 e. The van der Waals surface area contributed by atoms with Crippen molar-refractivity contribution in [3.63, 3.8) is 0 Å². The van der Waals surface area contributed by atoms with Crippen molar-refractivity contribution in [2.45, 2.75) is 45.7 Å². The molecule has 0 aliphatic rings. The van der Waals surface area contributed by atoms with Crippen LogP contribution in [0.2, 0.25) is 0 Å². The Morgan fingerprint density at radius 1 is 1.00 bits per heavy atom. The maximum Gasteiger partial charge on any atom is 0.123 e. The van der Waals surface area contributed by atoms with Gasteiger partial charge in [0.25, 0.3) is 0 Å². The number of unbranched alkanes of at least 4 members (excludes halogenated alkanes) is 2. The predicted molar refractivity (Wildman–Crippen MR) is 93.1 cm³/mol. The van der Waals surface area contributed by atoms with Gasteiger partial charge in [0, 0.05) is 12.6 Å². The summed E-state index contributed by atoms with van der Waals surface area (Å²) in [5.41, 5.74) is 2.29. The van der Waals surface area contributed by atoms with Crippen LogP contribution in [0.15, 0.2) is 48.5 Å². The molecule has 124 valence electrons. The van der Waals surface area contributed by atoms with Gasteiger partial charge < -0.3 is 10.1 Å². The van der Waals surface area contributed by atoms with Gasteiger partial charge in [0.15, 0.2) is 0 Å². The van der Waals surface area contributed by atoms with Crippen LogP contribution in [-0.4, -0.2) is 6.61 Å². The Hall–Kier alpha value is -1.87. The van der Waals surface area contributed by atoms with E-state index in [1.165, 1.54) is 30.5 Å². The monoisotopic (exact) mass is 315 g/mol. The van der Waals surface area contributed by atoms with E-state index in [2.05, 4.69) is 31.3 Å². The van der Waals surface area contributed by atoms with Gasteiger partial charge in [-0.25, -0.2) is 4.39 Å². The second-order valence-corrected chi connectivity index (χ2v) is 5.85. The van der Waals surface area contributed by atoms with Crippen LogP contribution in [0.5, 0.6) is 5.75 Å². The van der Waals surface area contributed by atoms with Gasteiger partial charge in [-0.1, -0.05) is 44.0 Å². The van der Waals surface area contributed by atoms with Gasteiger partial charge in [0.05, 0.1) is 6.61 Å². The number of hydrogen-bond donors (Lipinski definition) is 1. The minimum atomic E-state index is -0.198. The number of benzene rings is 2. The van der Waals surface area contributed by atoms with Gasteiger partial charge in [0.2, 0.25) is 0 Å². The Morgan fingerprint density at radius 2 is 1.70 bits per heavy atom. The lowest BCUT2D eigenvalue weighted by atomic mass is 10.1. The molecule has 0 saturated heterocycles. The standard InChI is InChI=1S/C20H26FNO/c1-3-4-5-14-23-20-12-8-18(9-13-20)16(2)22-15-17-6-10-19(21)11-7-17/h6-13,16,22H,3-5,14-15H2,1-2H3. The summed E-state index contributed by atoms with van der Waals surface area (Å²) >= 11 is 0. The summed E-state index contributed by atoms with van der Waals surface area (Å²) in [5.74, 6) is 0.729. The fraction of sp³-hybridized carbons (Fsp3) is 0.400. The third kappa shape index (κ3) is 6.03. The highest BCUT2D eigenvalue weighted by molar-refractivity contribution is 5.29. The average molecular weight is 315 g/mol. The number of hydrogen-bond acceptors (Lipinski definition) is 2. The molecule has 2 aromatic rings. The molecule has 0 amide bonds. The van der Waals surface area contributed by atoms with Gasteiger partial charge in [-0.15, -0.1) is 0 Å². The molecule has 1 atom stereocenters. The molecular formula is C20H26FNO. The van der Waals surface area contributed by atoms with Crippen LogP contribution in [-0.2, 0) is 6.54 Å². The summed E-state index contributed by atoms with van der Waals surface area (Å²) in [4.78, 5) is 0. The zero-order chi connectivity index (χ0) is 16.5. The summed E-state index contributed by atoms with van der Waals surface area (Å²) in [6.07, 6.45) is 3.52. The van der Waals surface area contributed by atoms with E-state index in [0.717, 1.165) is 30.9 Å².